The molecule has 10 nitrogen and oxygen atoms in total. The molecule has 1 fully saturated rings. The standard InChI is InChI=1S/C22H27N5O5/c1-6-32-17(28)11-12-25-20(29)18-19(24(4)22(25)30)23-21-26(13(2)14(3)27(18)21)15-7-9-16(31-5)10-8-15/h7-10,18-19H,6,11-12H2,1-5H3. The highest BCUT2D eigenvalue weighted by Crippen LogP contribution is 2.40. The first-order chi connectivity index (χ1) is 15.3. The molecule has 170 valence electrons. The van der Waals surface area contributed by atoms with Gasteiger partial charge in [0.15, 0.2) is 12.2 Å². The third-order valence-corrected chi connectivity index (χ3v) is 6.07. The number of nitrogens with zero attached hydrogens (tertiary/aromatic N) is 5. The van der Waals surface area contributed by atoms with Gasteiger partial charge in [-0.1, -0.05) is 0 Å². The number of rotatable bonds is 6. The number of allylic oxidation sites excluding steroid dienone is 2. The first kappa shape index (κ1) is 21.7. The van der Waals surface area contributed by atoms with E-state index in [4.69, 9.17) is 14.5 Å². The van der Waals surface area contributed by atoms with Gasteiger partial charge in [0.25, 0.3) is 5.91 Å². The van der Waals surface area contributed by atoms with E-state index < -0.39 is 24.2 Å². The molecular formula is C22H27N5O5. The summed E-state index contributed by atoms with van der Waals surface area (Å²) in [5, 5.41) is 0. The topological polar surface area (TPSA) is 95.0 Å². The van der Waals surface area contributed by atoms with E-state index in [0.29, 0.717) is 5.96 Å². The summed E-state index contributed by atoms with van der Waals surface area (Å²) in [6.07, 6.45) is -0.691. The molecule has 0 bridgehead atoms. The number of likely N-dealkylation sites (N-methyl/N-ethyl adjacent to an activating group) is 1. The second-order valence-electron chi connectivity index (χ2n) is 7.80. The Kier molecular flexibility index (Phi) is 5.53. The lowest BCUT2D eigenvalue weighted by atomic mass is 10.1. The van der Waals surface area contributed by atoms with Crippen molar-refractivity contribution in [1.82, 2.24) is 14.7 Å². The van der Waals surface area contributed by atoms with E-state index in [1.54, 1.807) is 21.1 Å². The fourth-order valence-electron chi connectivity index (χ4n) is 4.30. The monoisotopic (exact) mass is 441 g/mol. The van der Waals surface area contributed by atoms with Crippen LogP contribution in [-0.2, 0) is 14.3 Å². The van der Waals surface area contributed by atoms with Crippen molar-refractivity contribution in [1.29, 1.82) is 0 Å². The molecule has 2 atom stereocenters. The van der Waals surface area contributed by atoms with Crippen molar-refractivity contribution < 1.29 is 23.9 Å². The number of methoxy groups -OCH3 is 1. The van der Waals surface area contributed by atoms with Crippen LogP contribution >= 0.6 is 0 Å². The van der Waals surface area contributed by atoms with Crippen LogP contribution < -0.4 is 9.64 Å². The Morgan fingerprint density at radius 2 is 1.81 bits per heavy atom. The van der Waals surface area contributed by atoms with Gasteiger partial charge in [-0.3, -0.25) is 24.3 Å². The van der Waals surface area contributed by atoms with Crippen LogP contribution in [0.3, 0.4) is 0 Å². The van der Waals surface area contributed by atoms with E-state index in [0.717, 1.165) is 27.7 Å². The number of hydrogen-bond acceptors (Lipinski definition) is 8. The van der Waals surface area contributed by atoms with Crippen molar-refractivity contribution in [3.8, 4) is 5.75 Å². The Morgan fingerprint density at radius 3 is 2.44 bits per heavy atom. The minimum atomic E-state index is -0.687. The number of carbonyl (C=O) groups is 3. The third kappa shape index (κ3) is 3.26. The Morgan fingerprint density at radius 1 is 1.12 bits per heavy atom. The number of ether oxygens (including phenoxy) is 2. The first-order valence-corrected chi connectivity index (χ1v) is 10.5. The molecule has 3 heterocycles. The summed E-state index contributed by atoms with van der Waals surface area (Å²) in [4.78, 5) is 49.3. The van der Waals surface area contributed by atoms with E-state index in [1.165, 1.54) is 4.90 Å². The van der Waals surface area contributed by atoms with Gasteiger partial charge in [-0.2, -0.15) is 0 Å². The molecule has 3 aliphatic heterocycles. The molecule has 4 rings (SSSR count). The van der Waals surface area contributed by atoms with Gasteiger partial charge in [-0.25, -0.2) is 9.79 Å². The lowest BCUT2D eigenvalue weighted by molar-refractivity contribution is -0.144. The number of anilines is 1. The van der Waals surface area contributed by atoms with Crippen molar-refractivity contribution in [2.45, 2.75) is 39.4 Å². The minimum absolute atomic E-state index is 0.0306. The van der Waals surface area contributed by atoms with E-state index in [1.807, 2.05) is 47.9 Å². The van der Waals surface area contributed by atoms with E-state index in [2.05, 4.69) is 0 Å². The number of imide groups is 1. The van der Waals surface area contributed by atoms with Crippen LogP contribution in [0.15, 0.2) is 40.7 Å². The van der Waals surface area contributed by atoms with Crippen molar-refractivity contribution in [3.63, 3.8) is 0 Å². The second kappa shape index (κ2) is 8.18. The molecule has 1 aromatic rings. The Balaban J connectivity index is 1.64. The van der Waals surface area contributed by atoms with Crippen LogP contribution in [0.2, 0.25) is 0 Å². The van der Waals surface area contributed by atoms with Crippen molar-refractivity contribution in [3.05, 3.63) is 35.7 Å². The normalized spacial score (nSPS) is 22.3. The van der Waals surface area contributed by atoms with Crippen molar-refractivity contribution >= 4 is 29.6 Å². The van der Waals surface area contributed by atoms with Gasteiger partial charge < -0.3 is 14.4 Å². The van der Waals surface area contributed by atoms with Crippen LogP contribution in [0.5, 0.6) is 5.75 Å². The molecule has 0 N–H and O–H groups in total. The average Bonchev–Trinajstić information content (AvgIpc) is 3.28. The molecule has 1 saturated heterocycles. The van der Waals surface area contributed by atoms with E-state index in [9.17, 15) is 14.4 Å². The molecule has 0 saturated carbocycles. The van der Waals surface area contributed by atoms with Crippen molar-refractivity contribution in [2.75, 3.05) is 32.2 Å². The molecule has 10 heteroatoms. The smallest absolute Gasteiger partial charge is 0.328 e. The zero-order valence-corrected chi connectivity index (χ0v) is 18.9. The number of esters is 1. The average molecular weight is 441 g/mol. The SMILES string of the molecule is CCOC(=O)CCN1C(=O)C2C(N=C3N(c4ccc(OC)cc4)C(C)=C(C)N32)N(C)C1=O. The molecule has 0 spiro atoms. The highest BCUT2D eigenvalue weighted by molar-refractivity contribution is 6.10. The number of amides is 3. The van der Waals surface area contributed by atoms with Crippen molar-refractivity contribution in [2.24, 2.45) is 4.99 Å². The summed E-state index contributed by atoms with van der Waals surface area (Å²) in [6, 6.07) is 6.41. The van der Waals surface area contributed by atoms with Gasteiger partial charge in [-0.05, 0) is 45.0 Å². The lowest BCUT2D eigenvalue weighted by Gasteiger charge is -2.40. The summed E-state index contributed by atoms with van der Waals surface area (Å²) in [6.45, 7) is 5.84. The quantitative estimate of drug-likeness (QED) is 0.623. The fraction of sp³-hybridized carbons (Fsp3) is 0.455. The largest absolute Gasteiger partial charge is 0.497 e. The molecule has 32 heavy (non-hydrogen) atoms. The van der Waals surface area contributed by atoms with Gasteiger partial charge in [0.2, 0.25) is 5.96 Å². The predicted molar refractivity (Wildman–Crippen MR) is 117 cm³/mol. The Bertz CT molecular complexity index is 1020. The third-order valence-electron chi connectivity index (χ3n) is 6.07. The summed E-state index contributed by atoms with van der Waals surface area (Å²) < 4.78 is 10.2. The number of fused-ring (bicyclic) bond motifs is 3. The lowest BCUT2D eigenvalue weighted by Crippen LogP contribution is -2.64. The number of benzene rings is 1. The maximum absolute atomic E-state index is 13.4. The molecule has 0 radical (unpaired) electrons. The number of urea groups is 1. The second-order valence-corrected chi connectivity index (χ2v) is 7.80. The molecule has 2 unspecified atom stereocenters. The molecule has 1 aromatic carbocycles. The Labute approximate surface area is 186 Å². The zero-order valence-electron chi connectivity index (χ0n) is 18.9. The molecule has 3 aliphatic rings. The maximum Gasteiger partial charge on any atom is 0.328 e. The van der Waals surface area contributed by atoms with E-state index in [-0.39, 0.29) is 25.5 Å². The van der Waals surface area contributed by atoms with Gasteiger partial charge in [0.1, 0.15) is 5.75 Å². The van der Waals surface area contributed by atoms with Gasteiger partial charge in [-0.15, -0.1) is 0 Å². The van der Waals surface area contributed by atoms with Crippen LogP contribution in [0.4, 0.5) is 10.5 Å². The van der Waals surface area contributed by atoms with Crippen LogP contribution in [0.25, 0.3) is 0 Å². The summed E-state index contributed by atoms with van der Waals surface area (Å²) in [5.74, 6) is 0.522. The Hall–Kier alpha value is -3.56. The molecular weight excluding hydrogens is 414 g/mol. The molecule has 3 amide bonds. The van der Waals surface area contributed by atoms with Crippen LogP contribution in [-0.4, -0.2) is 78.1 Å². The first-order valence-electron chi connectivity index (χ1n) is 10.5. The van der Waals surface area contributed by atoms with Crippen LogP contribution in [0, 0.1) is 0 Å². The highest BCUT2D eigenvalue weighted by Gasteiger charge is 2.55. The predicted octanol–water partition coefficient (Wildman–Crippen LogP) is 1.98. The number of carbonyl (C=O) groups excluding carboxylic acids is 3. The molecule has 0 aliphatic carbocycles. The zero-order chi connectivity index (χ0) is 23.2. The fourth-order valence-corrected chi connectivity index (χ4v) is 4.30. The number of hydrogen-bond donors (Lipinski definition) is 0. The van der Waals surface area contributed by atoms with Crippen LogP contribution in [0.1, 0.15) is 27.2 Å². The van der Waals surface area contributed by atoms with E-state index >= 15 is 0 Å². The number of guanidine groups is 1. The maximum atomic E-state index is 13.4. The minimum Gasteiger partial charge on any atom is -0.497 e. The number of aliphatic imine (C=N–C) groups is 1. The highest BCUT2D eigenvalue weighted by atomic mass is 16.5. The summed E-state index contributed by atoms with van der Waals surface area (Å²) in [7, 11) is 3.24. The summed E-state index contributed by atoms with van der Waals surface area (Å²) >= 11 is 0. The van der Waals surface area contributed by atoms with Gasteiger partial charge in [0.05, 0.1) is 20.1 Å². The van der Waals surface area contributed by atoms with Gasteiger partial charge >= 0.3 is 12.0 Å². The van der Waals surface area contributed by atoms with Gasteiger partial charge in [0, 0.05) is 30.7 Å². The molecule has 0 aromatic heterocycles. The summed E-state index contributed by atoms with van der Waals surface area (Å²) in [5.41, 5.74) is 2.70.